The maximum Gasteiger partial charge on any atom is 0.0863 e. The van der Waals surface area contributed by atoms with Crippen LogP contribution in [0.3, 0.4) is 0 Å². The molecule has 0 aromatic carbocycles. The van der Waals surface area contributed by atoms with Crippen LogP contribution in [0.1, 0.15) is 44.5 Å². The Hall–Kier alpha value is -0.190. The molecule has 1 fully saturated rings. The molecule has 0 radical (unpaired) electrons. The summed E-state index contributed by atoms with van der Waals surface area (Å²) in [5.41, 5.74) is 2.17. The van der Waals surface area contributed by atoms with E-state index in [4.69, 9.17) is 11.6 Å². The molecule has 1 saturated carbocycles. The van der Waals surface area contributed by atoms with Crippen LogP contribution in [-0.4, -0.2) is 27.3 Å². The van der Waals surface area contributed by atoms with Gasteiger partial charge in [-0.15, -0.1) is 0 Å². The fourth-order valence-corrected chi connectivity index (χ4v) is 3.90. The number of halogens is 1. The van der Waals surface area contributed by atoms with Crippen LogP contribution in [0.2, 0.25) is 5.02 Å². The maximum absolute atomic E-state index is 6.42. The summed E-state index contributed by atoms with van der Waals surface area (Å²) in [4.78, 5) is 0. The number of aromatic nitrogens is 2. The monoisotopic (exact) mass is 301 g/mol. The molecule has 1 aromatic rings. The Morgan fingerprint density at radius 2 is 2.21 bits per heavy atom. The topological polar surface area (TPSA) is 29.9 Å². The van der Waals surface area contributed by atoms with Gasteiger partial charge in [-0.25, -0.2) is 0 Å². The number of hydrogen-bond donors (Lipinski definition) is 1. The first-order valence-corrected chi connectivity index (χ1v) is 8.86. The van der Waals surface area contributed by atoms with Crippen molar-refractivity contribution in [1.29, 1.82) is 0 Å². The second kappa shape index (κ2) is 7.00. The molecule has 5 heteroatoms. The van der Waals surface area contributed by atoms with E-state index in [9.17, 15) is 0 Å². The van der Waals surface area contributed by atoms with E-state index in [-0.39, 0.29) is 0 Å². The summed E-state index contributed by atoms with van der Waals surface area (Å²) in [5, 5.41) is 9.91. The quantitative estimate of drug-likeness (QED) is 0.872. The van der Waals surface area contributed by atoms with Crippen LogP contribution in [0.5, 0.6) is 0 Å². The van der Waals surface area contributed by atoms with Crippen LogP contribution >= 0.6 is 23.4 Å². The predicted molar refractivity (Wildman–Crippen MR) is 84.1 cm³/mol. The molecular weight excluding hydrogens is 278 g/mol. The molecule has 2 unspecified atom stereocenters. The molecule has 2 atom stereocenters. The second-order valence-corrected chi connectivity index (χ2v) is 6.64. The minimum atomic E-state index is 0.638. The van der Waals surface area contributed by atoms with Crippen molar-refractivity contribution in [2.45, 2.75) is 63.9 Å². The summed E-state index contributed by atoms with van der Waals surface area (Å²) in [6.45, 7) is 5.94. The smallest absolute Gasteiger partial charge is 0.0863 e. The minimum absolute atomic E-state index is 0.638. The second-order valence-electron chi connectivity index (χ2n) is 5.13. The number of nitrogens with zero attached hydrogens (tertiary/aromatic N) is 2. The largest absolute Gasteiger partial charge is 0.308 e. The van der Waals surface area contributed by atoms with Gasteiger partial charge in [0.25, 0.3) is 0 Å². The van der Waals surface area contributed by atoms with Gasteiger partial charge in [0.05, 0.1) is 16.4 Å². The van der Waals surface area contributed by atoms with Crippen molar-refractivity contribution in [3.05, 3.63) is 16.4 Å². The van der Waals surface area contributed by atoms with Crippen LogP contribution in [-0.2, 0) is 19.5 Å². The zero-order chi connectivity index (χ0) is 13.8. The molecule has 1 aromatic heterocycles. The Morgan fingerprint density at radius 1 is 1.42 bits per heavy atom. The standard InChI is InChI=1S/C14H24ClN3S/c1-4-12-14(15)13(18(5-2)17-12)9-16-10-6-7-11(8-10)19-3/h10-11,16H,4-9H2,1-3H3. The summed E-state index contributed by atoms with van der Waals surface area (Å²) < 4.78 is 2.04. The molecule has 108 valence electrons. The maximum atomic E-state index is 6.42. The molecule has 1 aliphatic rings. The van der Waals surface area contributed by atoms with Gasteiger partial charge in [0.15, 0.2) is 0 Å². The van der Waals surface area contributed by atoms with Crippen molar-refractivity contribution >= 4 is 23.4 Å². The lowest BCUT2D eigenvalue weighted by atomic mass is 10.2. The molecule has 3 nitrogen and oxygen atoms in total. The van der Waals surface area contributed by atoms with Gasteiger partial charge >= 0.3 is 0 Å². The zero-order valence-electron chi connectivity index (χ0n) is 12.1. The first-order chi connectivity index (χ1) is 9.19. The van der Waals surface area contributed by atoms with Crippen LogP contribution in [0.15, 0.2) is 0 Å². The van der Waals surface area contributed by atoms with E-state index >= 15 is 0 Å². The van der Waals surface area contributed by atoms with Gasteiger partial charge in [-0.05, 0) is 38.9 Å². The molecular formula is C14H24ClN3S. The molecule has 19 heavy (non-hydrogen) atoms. The Balaban J connectivity index is 1.97. The van der Waals surface area contributed by atoms with Crippen molar-refractivity contribution in [2.24, 2.45) is 0 Å². The summed E-state index contributed by atoms with van der Waals surface area (Å²) in [6, 6.07) is 0.638. The highest BCUT2D eigenvalue weighted by Gasteiger charge is 2.24. The van der Waals surface area contributed by atoms with Crippen molar-refractivity contribution < 1.29 is 0 Å². The fraction of sp³-hybridized carbons (Fsp3) is 0.786. The van der Waals surface area contributed by atoms with E-state index in [1.807, 2.05) is 16.4 Å². The predicted octanol–water partition coefficient (Wildman–Crippen LogP) is 3.49. The first-order valence-electron chi connectivity index (χ1n) is 7.19. The van der Waals surface area contributed by atoms with E-state index in [1.165, 1.54) is 19.3 Å². The van der Waals surface area contributed by atoms with E-state index in [2.05, 4.69) is 30.5 Å². The van der Waals surface area contributed by atoms with E-state index < -0.39 is 0 Å². The molecule has 2 rings (SSSR count). The lowest BCUT2D eigenvalue weighted by Gasteiger charge is -2.13. The van der Waals surface area contributed by atoms with E-state index in [0.717, 1.165) is 41.2 Å². The molecule has 1 N–H and O–H groups in total. The third kappa shape index (κ3) is 3.47. The number of aryl methyl sites for hydroxylation is 2. The zero-order valence-corrected chi connectivity index (χ0v) is 13.7. The van der Waals surface area contributed by atoms with Crippen LogP contribution < -0.4 is 5.32 Å². The number of nitrogens with one attached hydrogen (secondary N) is 1. The molecule has 0 amide bonds. The van der Waals surface area contributed by atoms with Gasteiger partial charge < -0.3 is 5.32 Å². The highest BCUT2D eigenvalue weighted by molar-refractivity contribution is 7.99. The molecule has 0 aliphatic heterocycles. The average molecular weight is 302 g/mol. The van der Waals surface area contributed by atoms with E-state index in [0.29, 0.717) is 6.04 Å². The highest BCUT2D eigenvalue weighted by Crippen LogP contribution is 2.29. The van der Waals surface area contributed by atoms with Gasteiger partial charge in [-0.3, -0.25) is 4.68 Å². The third-order valence-corrected chi connectivity index (χ3v) is 5.50. The first kappa shape index (κ1) is 15.2. The normalized spacial score (nSPS) is 23.2. The summed E-state index contributed by atoms with van der Waals surface area (Å²) in [6.07, 6.45) is 7.00. The van der Waals surface area contributed by atoms with Crippen LogP contribution in [0, 0.1) is 0 Å². The number of hydrogen-bond acceptors (Lipinski definition) is 3. The number of thioether (sulfide) groups is 1. The summed E-state index contributed by atoms with van der Waals surface area (Å²) >= 11 is 8.42. The SMILES string of the molecule is CCc1nn(CC)c(CNC2CCC(SC)C2)c1Cl. The van der Waals surface area contributed by atoms with Crippen molar-refractivity contribution in [1.82, 2.24) is 15.1 Å². The summed E-state index contributed by atoms with van der Waals surface area (Å²) in [7, 11) is 0. The van der Waals surface area contributed by atoms with Gasteiger partial charge in [0.2, 0.25) is 0 Å². The van der Waals surface area contributed by atoms with Crippen LogP contribution in [0.25, 0.3) is 0 Å². The van der Waals surface area contributed by atoms with Gasteiger partial charge in [-0.1, -0.05) is 18.5 Å². The number of rotatable bonds is 6. The Labute approximate surface area is 125 Å². The Kier molecular flexibility index (Phi) is 5.60. The summed E-state index contributed by atoms with van der Waals surface area (Å²) in [5.74, 6) is 0. The Morgan fingerprint density at radius 3 is 2.79 bits per heavy atom. The average Bonchev–Trinajstić information content (AvgIpc) is 3.00. The molecule has 1 aliphatic carbocycles. The van der Waals surface area contributed by atoms with Gasteiger partial charge in [-0.2, -0.15) is 16.9 Å². The molecule has 0 bridgehead atoms. The minimum Gasteiger partial charge on any atom is -0.308 e. The lowest BCUT2D eigenvalue weighted by Crippen LogP contribution is -2.27. The van der Waals surface area contributed by atoms with E-state index in [1.54, 1.807) is 0 Å². The van der Waals surface area contributed by atoms with Crippen LogP contribution in [0.4, 0.5) is 0 Å². The molecule has 0 spiro atoms. The fourth-order valence-electron chi connectivity index (χ4n) is 2.77. The van der Waals surface area contributed by atoms with Gasteiger partial charge in [0.1, 0.15) is 0 Å². The third-order valence-electron chi connectivity index (χ3n) is 3.97. The van der Waals surface area contributed by atoms with Crippen molar-refractivity contribution in [3.63, 3.8) is 0 Å². The highest BCUT2D eigenvalue weighted by atomic mass is 35.5. The lowest BCUT2D eigenvalue weighted by molar-refractivity contribution is 0.499. The van der Waals surface area contributed by atoms with Gasteiger partial charge in [0, 0.05) is 24.4 Å². The van der Waals surface area contributed by atoms with Crippen molar-refractivity contribution in [2.75, 3.05) is 6.26 Å². The molecule has 0 saturated heterocycles. The van der Waals surface area contributed by atoms with Crippen molar-refractivity contribution in [3.8, 4) is 0 Å². The Bertz CT molecular complexity index is 419. The molecule has 1 heterocycles.